The normalized spacial score (nSPS) is 10.8. The predicted molar refractivity (Wildman–Crippen MR) is 104 cm³/mol. The summed E-state index contributed by atoms with van der Waals surface area (Å²) in [6.45, 7) is 1.03. The van der Waals surface area contributed by atoms with Crippen molar-refractivity contribution in [3.8, 4) is 11.8 Å². The summed E-state index contributed by atoms with van der Waals surface area (Å²) < 4.78 is 48.7. The van der Waals surface area contributed by atoms with Gasteiger partial charge in [-0.1, -0.05) is 23.2 Å². The Bertz CT molecular complexity index is 1040. The molecule has 1 heterocycles. The molecule has 0 aliphatic rings. The predicted octanol–water partition coefficient (Wildman–Crippen LogP) is 3.93. The van der Waals surface area contributed by atoms with E-state index in [1.165, 1.54) is 6.07 Å². The van der Waals surface area contributed by atoms with Crippen LogP contribution in [0.25, 0.3) is 5.69 Å². The number of aromatic nitrogens is 2. The first-order valence-corrected chi connectivity index (χ1v) is 10.2. The van der Waals surface area contributed by atoms with E-state index in [9.17, 15) is 32.3 Å². The van der Waals surface area contributed by atoms with Crippen molar-refractivity contribution in [2.24, 2.45) is 0 Å². The second-order valence-corrected chi connectivity index (χ2v) is 7.83. The first kappa shape index (κ1) is 25.3. The standard InChI is InChI=1S/C13H6Cl2F3N5O3.C2H6OS/c1-5(24)20-12-11(23(25)26)9(4-19)21-22(12)10-7(14)2-6(3-8(10)15)13(16,17)18;1-4(2)3/h2-3H,1H3,(H,20,24);1-2H3. The van der Waals surface area contributed by atoms with E-state index in [0.717, 1.165) is 6.92 Å². The van der Waals surface area contributed by atoms with Crippen LogP contribution in [-0.2, 0) is 21.8 Å². The molecule has 0 aliphatic heterocycles. The highest BCUT2D eigenvalue weighted by Crippen LogP contribution is 2.40. The topological polar surface area (TPSA) is 131 Å². The molecule has 1 N–H and O–H groups in total. The number of amides is 1. The monoisotopic (exact) mass is 485 g/mol. The molecule has 0 saturated carbocycles. The summed E-state index contributed by atoms with van der Waals surface area (Å²) in [7, 11) is -0.611. The minimum atomic E-state index is -4.74. The zero-order chi connectivity index (χ0) is 23.4. The number of carbonyl (C=O) groups is 1. The van der Waals surface area contributed by atoms with Crippen molar-refractivity contribution in [1.29, 1.82) is 5.26 Å². The van der Waals surface area contributed by atoms with E-state index >= 15 is 0 Å². The SMILES string of the molecule is CC(=O)Nc1c([N+](=O)[O-])c(C#N)nn1-c1c(Cl)cc(C(F)(F)F)cc1Cl.CS(C)=O. The second-order valence-electron chi connectivity index (χ2n) is 5.54. The number of carbonyl (C=O) groups excluding carboxylic acids is 1. The Morgan fingerprint density at radius 2 is 1.80 bits per heavy atom. The van der Waals surface area contributed by atoms with Gasteiger partial charge in [0, 0.05) is 30.2 Å². The van der Waals surface area contributed by atoms with Gasteiger partial charge in [0.15, 0.2) is 0 Å². The lowest BCUT2D eigenvalue weighted by Gasteiger charge is -2.13. The van der Waals surface area contributed by atoms with Gasteiger partial charge in [0.05, 0.1) is 20.5 Å². The molecule has 15 heteroatoms. The van der Waals surface area contributed by atoms with E-state index in [1.54, 1.807) is 12.5 Å². The van der Waals surface area contributed by atoms with Crippen LogP contribution in [0.1, 0.15) is 18.2 Å². The Morgan fingerprint density at radius 3 is 2.13 bits per heavy atom. The van der Waals surface area contributed by atoms with Gasteiger partial charge in [-0.3, -0.25) is 19.1 Å². The summed E-state index contributed by atoms with van der Waals surface area (Å²) in [5, 5.41) is 24.9. The van der Waals surface area contributed by atoms with Crippen molar-refractivity contribution in [1.82, 2.24) is 9.78 Å². The number of nitriles is 1. The van der Waals surface area contributed by atoms with Crippen LogP contribution >= 0.6 is 23.2 Å². The van der Waals surface area contributed by atoms with Crippen LogP contribution in [0, 0.1) is 21.4 Å². The van der Waals surface area contributed by atoms with Gasteiger partial charge in [-0.25, -0.2) is 4.68 Å². The number of nitrogens with one attached hydrogen (secondary N) is 1. The Morgan fingerprint density at radius 1 is 1.33 bits per heavy atom. The summed E-state index contributed by atoms with van der Waals surface area (Å²) >= 11 is 11.7. The molecule has 2 rings (SSSR count). The van der Waals surface area contributed by atoms with E-state index in [4.69, 9.17) is 28.5 Å². The van der Waals surface area contributed by atoms with E-state index < -0.39 is 60.6 Å². The lowest BCUT2D eigenvalue weighted by atomic mass is 10.2. The minimum Gasteiger partial charge on any atom is -0.305 e. The molecule has 0 unspecified atom stereocenters. The molecular weight excluding hydrogens is 474 g/mol. The number of nitrogens with zero attached hydrogens (tertiary/aromatic N) is 4. The van der Waals surface area contributed by atoms with Gasteiger partial charge in [-0.15, -0.1) is 5.10 Å². The molecular formula is C15H12Cl2F3N5O4S. The fourth-order valence-corrected chi connectivity index (χ4v) is 2.68. The van der Waals surface area contributed by atoms with Gasteiger partial charge in [0.1, 0.15) is 11.8 Å². The van der Waals surface area contributed by atoms with E-state index in [-0.39, 0.29) is 5.69 Å². The number of rotatable bonds is 3. The molecule has 2 aromatic rings. The number of hydrogen-bond donors (Lipinski definition) is 1. The lowest BCUT2D eigenvalue weighted by Crippen LogP contribution is -2.13. The Balaban J connectivity index is 0.00000103. The average molecular weight is 486 g/mol. The van der Waals surface area contributed by atoms with Crippen LogP contribution in [0.15, 0.2) is 12.1 Å². The highest BCUT2D eigenvalue weighted by molar-refractivity contribution is 7.83. The Kier molecular flexibility index (Phi) is 8.34. The van der Waals surface area contributed by atoms with Crippen LogP contribution in [0.3, 0.4) is 0 Å². The van der Waals surface area contributed by atoms with Gasteiger partial charge in [-0.05, 0) is 12.1 Å². The first-order valence-electron chi connectivity index (χ1n) is 7.47. The molecule has 30 heavy (non-hydrogen) atoms. The minimum absolute atomic E-state index is 0.366. The van der Waals surface area contributed by atoms with Crippen LogP contribution < -0.4 is 5.32 Å². The van der Waals surface area contributed by atoms with Crippen molar-refractivity contribution in [3.05, 3.63) is 43.5 Å². The van der Waals surface area contributed by atoms with Crippen molar-refractivity contribution in [2.75, 3.05) is 17.8 Å². The average Bonchev–Trinajstić information content (AvgIpc) is 2.90. The molecule has 0 radical (unpaired) electrons. The van der Waals surface area contributed by atoms with Crippen LogP contribution in [0.5, 0.6) is 0 Å². The fourth-order valence-electron chi connectivity index (χ4n) is 2.03. The zero-order valence-corrected chi connectivity index (χ0v) is 17.7. The maximum absolute atomic E-state index is 12.8. The van der Waals surface area contributed by atoms with E-state index in [2.05, 4.69) is 10.4 Å². The number of benzene rings is 1. The molecule has 0 spiro atoms. The molecule has 1 aromatic carbocycles. The quantitative estimate of drug-likeness (QED) is 0.517. The van der Waals surface area contributed by atoms with Gasteiger partial charge in [-0.2, -0.15) is 18.4 Å². The molecule has 0 fully saturated rings. The van der Waals surface area contributed by atoms with Gasteiger partial charge in [0.25, 0.3) is 0 Å². The number of nitro groups is 1. The van der Waals surface area contributed by atoms with Crippen LogP contribution in [0.4, 0.5) is 24.7 Å². The molecule has 9 nitrogen and oxygen atoms in total. The third-order valence-electron chi connectivity index (χ3n) is 3.00. The third kappa shape index (κ3) is 6.15. The van der Waals surface area contributed by atoms with Crippen molar-refractivity contribution < 1.29 is 27.1 Å². The Labute approximate surface area is 180 Å². The summed E-state index contributed by atoms with van der Waals surface area (Å²) in [5.41, 5.74) is -3.06. The van der Waals surface area contributed by atoms with Crippen LogP contribution in [0.2, 0.25) is 10.0 Å². The molecule has 0 saturated heterocycles. The number of hydrogen-bond acceptors (Lipinski definition) is 6. The number of anilines is 1. The smallest absolute Gasteiger partial charge is 0.305 e. The molecule has 1 aromatic heterocycles. The molecule has 0 bridgehead atoms. The van der Waals surface area contributed by atoms with Crippen LogP contribution in [-0.4, -0.2) is 37.3 Å². The highest BCUT2D eigenvalue weighted by atomic mass is 35.5. The Hall–Kier alpha value is -2.69. The van der Waals surface area contributed by atoms with Gasteiger partial charge >= 0.3 is 11.9 Å². The molecule has 0 atom stereocenters. The van der Waals surface area contributed by atoms with E-state index in [0.29, 0.717) is 16.8 Å². The molecule has 1 amide bonds. The first-order chi connectivity index (χ1) is 13.7. The summed E-state index contributed by atoms with van der Waals surface area (Å²) in [5.74, 6) is -1.32. The largest absolute Gasteiger partial charge is 0.416 e. The van der Waals surface area contributed by atoms with Gasteiger partial charge in [0.2, 0.25) is 17.4 Å². The lowest BCUT2D eigenvalue weighted by molar-refractivity contribution is -0.384. The summed E-state index contributed by atoms with van der Waals surface area (Å²) in [4.78, 5) is 21.6. The third-order valence-corrected chi connectivity index (χ3v) is 3.58. The maximum atomic E-state index is 12.8. The number of halogens is 5. The zero-order valence-electron chi connectivity index (χ0n) is 15.4. The molecule has 0 aliphatic carbocycles. The van der Waals surface area contributed by atoms with Crippen molar-refractivity contribution >= 4 is 51.4 Å². The number of alkyl halides is 3. The summed E-state index contributed by atoms with van der Waals surface area (Å²) in [6.07, 6.45) is -1.46. The molecule has 162 valence electrons. The summed E-state index contributed by atoms with van der Waals surface area (Å²) in [6, 6.07) is 2.55. The van der Waals surface area contributed by atoms with E-state index in [1.807, 2.05) is 0 Å². The fraction of sp³-hybridized carbons (Fsp3) is 0.267. The van der Waals surface area contributed by atoms with Gasteiger partial charge < -0.3 is 5.32 Å². The van der Waals surface area contributed by atoms with Crippen molar-refractivity contribution in [2.45, 2.75) is 13.1 Å². The second kappa shape index (κ2) is 9.88. The van der Waals surface area contributed by atoms with Crippen molar-refractivity contribution in [3.63, 3.8) is 0 Å². The highest BCUT2D eigenvalue weighted by Gasteiger charge is 2.34. The maximum Gasteiger partial charge on any atom is 0.416 e.